The van der Waals surface area contributed by atoms with Crippen molar-refractivity contribution in [2.45, 2.75) is 32.4 Å². The van der Waals surface area contributed by atoms with Crippen molar-refractivity contribution >= 4 is 6.03 Å². The van der Waals surface area contributed by atoms with Crippen LogP contribution in [0.3, 0.4) is 0 Å². The number of aryl methyl sites for hydroxylation is 1. The molecular weight excluding hydrogens is 268 g/mol. The summed E-state index contributed by atoms with van der Waals surface area (Å²) in [6.45, 7) is 4.69. The van der Waals surface area contributed by atoms with Crippen LogP contribution in [-0.4, -0.2) is 75.8 Å². The first-order chi connectivity index (χ1) is 9.90. The Hall–Kier alpha value is -1.63. The predicted molar refractivity (Wildman–Crippen MR) is 80.9 cm³/mol. The zero-order chi connectivity index (χ0) is 15.6. The maximum atomic E-state index is 12.1. The second-order valence-corrected chi connectivity index (χ2v) is 6.04. The van der Waals surface area contributed by atoms with Gasteiger partial charge in [-0.3, -0.25) is 4.90 Å². The van der Waals surface area contributed by atoms with Crippen molar-refractivity contribution in [2.75, 3.05) is 34.2 Å². The molecule has 0 radical (unpaired) electrons. The molecule has 0 N–H and O–H groups in total. The van der Waals surface area contributed by atoms with Gasteiger partial charge in [0.1, 0.15) is 11.6 Å². The highest BCUT2D eigenvalue weighted by Crippen LogP contribution is 2.17. The Balaban J connectivity index is 1.97. The van der Waals surface area contributed by atoms with Crippen LogP contribution in [0.4, 0.5) is 4.79 Å². The Bertz CT molecular complexity index is 498. The van der Waals surface area contributed by atoms with E-state index >= 15 is 0 Å². The van der Waals surface area contributed by atoms with E-state index in [-0.39, 0.29) is 12.1 Å². The second-order valence-electron chi connectivity index (χ2n) is 6.04. The van der Waals surface area contributed by atoms with Crippen LogP contribution in [-0.2, 0) is 13.6 Å². The molecule has 2 rings (SSSR count). The first-order valence-electron chi connectivity index (χ1n) is 7.41. The molecule has 7 heteroatoms. The fraction of sp³-hybridized carbons (Fsp3) is 0.786. The molecule has 0 saturated carbocycles. The normalized spacial score (nSPS) is 19.6. The van der Waals surface area contributed by atoms with Gasteiger partial charge in [-0.1, -0.05) is 0 Å². The van der Waals surface area contributed by atoms with E-state index in [9.17, 15) is 4.79 Å². The Morgan fingerprint density at radius 2 is 2.05 bits per heavy atom. The number of urea groups is 1. The maximum Gasteiger partial charge on any atom is 0.319 e. The zero-order valence-corrected chi connectivity index (χ0v) is 13.7. The molecular formula is C14H26N6O. The van der Waals surface area contributed by atoms with Crippen LogP contribution in [0.15, 0.2) is 0 Å². The lowest BCUT2D eigenvalue weighted by molar-refractivity contribution is 0.107. The van der Waals surface area contributed by atoms with E-state index in [0.29, 0.717) is 0 Å². The largest absolute Gasteiger partial charge is 0.331 e. The van der Waals surface area contributed by atoms with Crippen LogP contribution >= 0.6 is 0 Å². The van der Waals surface area contributed by atoms with Gasteiger partial charge in [0.15, 0.2) is 0 Å². The molecule has 0 spiro atoms. The van der Waals surface area contributed by atoms with E-state index in [1.165, 1.54) is 0 Å². The molecule has 0 aromatic carbocycles. The average molecular weight is 294 g/mol. The van der Waals surface area contributed by atoms with Crippen LogP contribution in [0.2, 0.25) is 0 Å². The van der Waals surface area contributed by atoms with E-state index in [1.54, 1.807) is 19.0 Å². The van der Waals surface area contributed by atoms with Crippen LogP contribution in [0.25, 0.3) is 0 Å². The third-order valence-electron chi connectivity index (χ3n) is 4.26. The van der Waals surface area contributed by atoms with Gasteiger partial charge in [-0.15, -0.1) is 10.2 Å². The van der Waals surface area contributed by atoms with Gasteiger partial charge in [-0.25, -0.2) is 4.79 Å². The van der Waals surface area contributed by atoms with Gasteiger partial charge in [0, 0.05) is 40.8 Å². The summed E-state index contributed by atoms with van der Waals surface area (Å²) in [5, 5.41) is 8.33. The number of likely N-dealkylation sites (tertiary alicyclic amines) is 1. The lowest BCUT2D eigenvalue weighted by Crippen LogP contribution is -2.50. The number of carbonyl (C=O) groups is 1. The molecule has 2 heterocycles. The highest BCUT2D eigenvalue weighted by atomic mass is 16.2. The van der Waals surface area contributed by atoms with Gasteiger partial charge < -0.3 is 14.4 Å². The Morgan fingerprint density at radius 3 is 2.62 bits per heavy atom. The monoisotopic (exact) mass is 294 g/mol. The standard InChI is InChI=1S/C14H26N6O/c1-11-15-16-13(18(11)4)10-20-8-6-7-12(9-20)19(5)14(21)17(2)3/h12H,6-10H2,1-5H3. The maximum absolute atomic E-state index is 12.1. The minimum atomic E-state index is 0.0661. The molecule has 0 bridgehead atoms. The predicted octanol–water partition coefficient (Wildman–Crippen LogP) is 0.701. The molecule has 1 aromatic rings. The zero-order valence-electron chi connectivity index (χ0n) is 13.7. The van der Waals surface area contributed by atoms with Gasteiger partial charge in [-0.05, 0) is 26.3 Å². The summed E-state index contributed by atoms with van der Waals surface area (Å²) >= 11 is 0. The van der Waals surface area contributed by atoms with E-state index in [4.69, 9.17) is 0 Å². The molecule has 7 nitrogen and oxygen atoms in total. The number of aromatic nitrogens is 3. The van der Waals surface area contributed by atoms with E-state index in [2.05, 4.69) is 15.1 Å². The number of nitrogens with zero attached hydrogens (tertiary/aromatic N) is 6. The molecule has 1 saturated heterocycles. The third kappa shape index (κ3) is 3.53. The van der Waals surface area contributed by atoms with E-state index in [1.807, 2.05) is 30.5 Å². The Kier molecular flexibility index (Phi) is 4.82. The van der Waals surface area contributed by atoms with E-state index < -0.39 is 0 Å². The van der Waals surface area contributed by atoms with Gasteiger partial charge in [0.25, 0.3) is 0 Å². The summed E-state index contributed by atoms with van der Waals surface area (Å²) in [5.41, 5.74) is 0. The average Bonchev–Trinajstić information content (AvgIpc) is 2.78. The minimum absolute atomic E-state index is 0.0661. The minimum Gasteiger partial charge on any atom is -0.331 e. The highest BCUT2D eigenvalue weighted by molar-refractivity contribution is 5.73. The summed E-state index contributed by atoms with van der Waals surface area (Å²) in [6.07, 6.45) is 2.16. The molecule has 118 valence electrons. The van der Waals surface area contributed by atoms with Crippen LogP contribution in [0.5, 0.6) is 0 Å². The number of likely N-dealkylation sites (N-methyl/N-ethyl adjacent to an activating group) is 1. The topological polar surface area (TPSA) is 57.5 Å². The molecule has 1 atom stereocenters. The van der Waals surface area contributed by atoms with Crippen molar-refractivity contribution < 1.29 is 4.79 Å². The molecule has 1 fully saturated rings. The molecule has 1 aliphatic heterocycles. The molecule has 21 heavy (non-hydrogen) atoms. The number of hydrogen-bond donors (Lipinski definition) is 0. The Labute approximate surface area is 126 Å². The lowest BCUT2D eigenvalue weighted by atomic mass is 10.0. The smallest absolute Gasteiger partial charge is 0.319 e. The van der Waals surface area contributed by atoms with Gasteiger partial charge in [0.2, 0.25) is 0 Å². The molecule has 1 unspecified atom stereocenters. The van der Waals surface area contributed by atoms with Crippen molar-refractivity contribution in [1.29, 1.82) is 0 Å². The summed E-state index contributed by atoms with van der Waals surface area (Å²) in [5.74, 6) is 1.91. The van der Waals surface area contributed by atoms with Crippen molar-refractivity contribution in [1.82, 2.24) is 29.5 Å². The molecule has 2 amide bonds. The fourth-order valence-electron chi connectivity index (χ4n) is 2.75. The number of piperidine rings is 1. The van der Waals surface area contributed by atoms with Crippen molar-refractivity contribution in [3.8, 4) is 0 Å². The SMILES string of the molecule is Cc1nnc(CN2CCCC(N(C)C(=O)N(C)C)C2)n1C. The fourth-order valence-corrected chi connectivity index (χ4v) is 2.75. The molecule has 1 aliphatic rings. The quantitative estimate of drug-likeness (QED) is 0.823. The van der Waals surface area contributed by atoms with Crippen molar-refractivity contribution in [3.63, 3.8) is 0 Å². The summed E-state index contributed by atoms with van der Waals surface area (Å²) in [7, 11) is 7.47. The van der Waals surface area contributed by atoms with Crippen LogP contribution in [0, 0.1) is 6.92 Å². The highest BCUT2D eigenvalue weighted by Gasteiger charge is 2.27. The molecule has 1 aromatic heterocycles. The lowest BCUT2D eigenvalue weighted by Gasteiger charge is -2.38. The van der Waals surface area contributed by atoms with E-state index in [0.717, 1.165) is 44.1 Å². The summed E-state index contributed by atoms with van der Waals surface area (Å²) < 4.78 is 2.03. The first kappa shape index (κ1) is 15.8. The second kappa shape index (κ2) is 6.43. The number of hydrogen-bond acceptors (Lipinski definition) is 4. The molecule has 0 aliphatic carbocycles. The number of amides is 2. The van der Waals surface area contributed by atoms with Gasteiger partial charge >= 0.3 is 6.03 Å². The summed E-state index contributed by atoms with van der Waals surface area (Å²) in [6, 6.07) is 0.333. The van der Waals surface area contributed by atoms with Crippen molar-refractivity contribution in [3.05, 3.63) is 11.6 Å². The Morgan fingerprint density at radius 1 is 1.33 bits per heavy atom. The van der Waals surface area contributed by atoms with Crippen LogP contribution in [0.1, 0.15) is 24.5 Å². The number of carbonyl (C=O) groups excluding carboxylic acids is 1. The van der Waals surface area contributed by atoms with Gasteiger partial charge in [0.05, 0.1) is 6.54 Å². The van der Waals surface area contributed by atoms with Crippen molar-refractivity contribution in [2.24, 2.45) is 7.05 Å². The summed E-state index contributed by atoms with van der Waals surface area (Å²) in [4.78, 5) is 17.9. The van der Waals surface area contributed by atoms with Gasteiger partial charge in [-0.2, -0.15) is 0 Å². The first-order valence-corrected chi connectivity index (χ1v) is 7.41. The van der Waals surface area contributed by atoms with Crippen LogP contribution < -0.4 is 0 Å². The third-order valence-corrected chi connectivity index (χ3v) is 4.26. The number of rotatable bonds is 3.